The predicted molar refractivity (Wildman–Crippen MR) is 357 cm³/mol. The van der Waals surface area contributed by atoms with Crippen LogP contribution in [-0.2, 0) is 20.4 Å². The Hall–Kier alpha value is -5.97. The number of ether oxygens (including phenoxy) is 2. The van der Waals surface area contributed by atoms with Gasteiger partial charge in [-0.15, -0.1) is 11.3 Å². The maximum absolute atomic E-state index is 11.5. The molecule has 2 aliphatic carbocycles. The molecule has 0 amide bonds. The fraction of sp³-hybridized carbons (Fsp3) is 0.456. The summed E-state index contributed by atoms with van der Waals surface area (Å²) in [7, 11) is 0. The summed E-state index contributed by atoms with van der Waals surface area (Å²) in [6.45, 7) is 18.2. The number of thiophene rings is 1. The van der Waals surface area contributed by atoms with Crippen molar-refractivity contribution in [1.29, 1.82) is 0 Å². The average molecular weight is 1130 g/mol. The Balaban J connectivity index is 0.955. The van der Waals surface area contributed by atoms with Crippen molar-refractivity contribution in [3.8, 4) is 71.1 Å². The highest BCUT2D eigenvalue weighted by molar-refractivity contribution is 7.18. The third kappa shape index (κ3) is 14.8. The van der Waals surface area contributed by atoms with E-state index in [1.807, 2.05) is 11.3 Å². The zero-order chi connectivity index (χ0) is 58.0. The van der Waals surface area contributed by atoms with Crippen LogP contribution in [0.4, 0.5) is 0 Å². The van der Waals surface area contributed by atoms with E-state index in [2.05, 4.69) is 175 Å². The quantitative estimate of drug-likeness (QED) is 0.0226. The SMILES string of the molecule is C=C(C)C(=O)OCCCCCCCCCCOc1ccc(-c2ccc(-c3ccc4c(c3)C(CCCCC)(CCCCC)c3cc(-c5ccc6c(c5)C(CCCCCC)(CCCCCC)c5cc(-c7ccc(C)cc7)ccc5-6)ccc3-4)s2)cc1. The van der Waals surface area contributed by atoms with Crippen molar-refractivity contribution < 1.29 is 14.3 Å². The zero-order valence-corrected chi connectivity index (χ0v) is 52.7. The Morgan fingerprint density at radius 2 is 0.747 bits per heavy atom. The van der Waals surface area contributed by atoms with Gasteiger partial charge < -0.3 is 9.47 Å². The first-order valence-corrected chi connectivity index (χ1v) is 33.8. The molecule has 0 N–H and O–H groups in total. The highest BCUT2D eigenvalue weighted by Gasteiger charge is 2.45. The lowest BCUT2D eigenvalue weighted by Crippen LogP contribution is -2.26. The van der Waals surface area contributed by atoms with Gasteiger partial charge in [-0.3, -0.25) is 0 Å². The summed E-state index contributed by atoms with van der Waals surface area (Å²) in [4.78, 5) is 14.2. The van der Waals surface area contributed by atoms with E-state index < -0.39 is 0 Å². The minimum Gasteiger partial charge on any atom is -0.494 e. The van der Waals surface area contributed by atoms with Gasteiger partial charge in [0, 0.05) is 26.2 Å². The maximum atomic E-state index is 11.5. The Morgan fingerprint density at radius 1 is 0.398 bits per heavy atom. The van der Waals surface area contributed by atoms with Crippen LogP contribution in [0.1, 0.15) is 229 Å². The maximum Gasteiger partial charge on any atom is 0.333 e. The minimum absolute atomic E-state index is 0.00844. The largest absolute Gasteiger partial charge is 0.494 e. The van der Waals surface area contributed by atoms with Gasteiger partial charge in [0.1, 0.15) is 5.75 Å². The Bertz CT molecular complexity index is 3180. The molecule has 83 heavy (non-hydrogen) atoms. The molecule has 7 aromatic rings. The first-order chi connectivity index (χ1) is 40.6. The van der Waals surface area contributed by atoms with Crippen molar-refractivity contribution in [2.24, 2.45) is 0 Å². The molecule has 1 heterocycles. The summed E-state index contributed by atoms with van der Waals surface area (Å²) in [6.07, 6.45) is 31.6. The van der Waals surface area contributed by atoms with Gasteiger partial charge in [-0.1, -0.05) is 241 Å². The molecule has 0 unspecified atom stereocenters. The molecule has 0 saturated carbocycles. The van der Waals surface area contributed by atoms with E-state index in [0.29, 0.717) is 12.2 Å². The molecular weight excluding hydrogens is 1030 g/mol. The second kappa shape index (κ2) is 30.2. The van der Waals surface area contributed by atoms with E-state index in [0.717, 1.165) is 31.6 Å². The molecule has 0 saturated heterocycles. The lowest BCUT2D eigenvalue weighted by atomic mass is 9.69. The molecule has 0 radical (unpaired) electrons. The summed E-state index contributed by atoms with van der Waals surface area (Å²) >= 11 is 1.91. The van der Waals surface area contributed by atoms with Crippen LogP contribution in [0, 0.1) is 6.92 Å². The molecule has 0 aliphatic heterocycles. The smallest absolute Gasteiger partial charge is 0.333 e. The van der Waals surface area contributed by atoms with Crippen molar-refractivity contribution in [3.05, 3.63) is 173 Å². The molecule has 4 heteroatoms. The van der Waals surface area contributed by atoms with Crippen LogP contribution in [0.3, 0.4) is 0 Å². The second-order valence-corrected chi connectivity index (χ2v) is 26.0. The van der Waals surface area contributed by atoms with Gasteiger partial charge in [-0.2, -0.15) is 0 Å². The van der Waals surface area contributed by atoms with E-state index in [-0.39, 0.29) is 16.8 Å². The Kier molecular flexibility index (Phi) is 22.4. The number of unbranched alkanes of at least 4 members (excludes halogenated alkanes) is 17. The Morgan fingerprint density at radius 3 is 1.20 bits per heavy atom. The van der Waals surface area contributed by atoms with Crippen LogP contribution in [0.5, 0.6) is 5.75 Å². The topological polar surface area (TPSA) is 35.5 Å². The molecule has 0 fully saturated rings. The highest BCUT2D eigenvalue weighted by Crippen LogP contribution is 2.58. The Labute approximate surface area is 505 Å². The number of fused-ring (bicyclic) bond motifs is 6. The molecule has 0 bridgehead atoms. The average Bonchev–Trinajstić information content (AvgIpc) is 2.23. The molecule has 438 valence electrons. The van der Waals surface area contributed by atoms with Crippen molar-refractivity contribution in [2.45, 2.75) is 219 Å². The highest BCUT2D eigenvalue weighted by atomic mass is 32.1. The first kappa shape index (κ1) is 61.6. The lowest BCUT2D eigenvalue weighted by Gasteiger charge is -2.34. The van der Waals surface area contributed by atoms with Crippen molar-refractivity contribution in [1.82, 2.24) is 0 Å². The molecule has 6 aromatic carbocycles. The van der Waals surface area contributed by atoms with Crippen molar-refractivity contribution in [3.63, 3.8) is 0 Å². The van der Waals surface area contributed by atoms with Gasteiger partial charge in [0.15, 0.2) is 0 Å². The third-order valence-corrected chi connectivity index (χ3v) is 19.9. The van der Waals surface area contributed by atoms with Gasteiger partial charge in [0.2, 0.25) is 0 Å². The van der Waals surface area contributed by atoms with Crippen LogP contribution >= 0.6 is 11.3 Å². The predicted octanol–water partition coefficient (Wildman–Crippen LogP) is 24.0. The minimum atomic E-state index is -0.280. The summed E-state index contributed by atoms with van der Waals surface area (Å²) < 4.78 is 11.4. The fourth-order valence-electron chi connectivity index (χ4n) is 13.9. The van der Waals surface area contributed by atoms with E-state index >= 15 is 0 Å². The molecule has 0 spiro atoms. The molecule has 2 aliphatic rings. The molecule has 0 atom stereocenters. The number of hydrogen-bond acceptors (Lipinski definition) is 4. The monoisotopic (exact) mass is 1130 g/mol. The van der Waals surface area contributed by atoms with E-state index in [1.165, 1.54) is 219 Å². The lowest BCUT2D eigenvalue weighted by molar-refractivity contribution is -0.139. The number of hydrogen-bond donors (Lipinski definition) is 0. The molecule has 9 rings (SSSR count). The van der Waals surface area contributed by atoms with E-state index in [9.17, 15) is 4.79 Å². The second-order valence-electron chi connectivity index (χ2n) is 24.9. The van der Waals surface area contributed by atoms with Crippen LogP contribution in [0.15, 0.2) is 146 Å². The molecular formula is C79H98O3S. The van der Waals surface area contributed by atoms with Crippen LogP contribution < -0.4 is 4.74 Å². The fourth-order valence-corrected chi connectivity index (χ4v) is 14.9. The van der Waals surface area contributed by atoms with E-state index in [1.54, 1.807) is 29.2 Å². The van der Waals surface area contributed by atoms with Gasteiger partial charge in [-0.05, 0) is 191 Å². The normalized spacial score (nSPS) is 13.4. The summed E-state index contributed by atoms with van der Waals surface area (Å²) in [5.41, 5.74) is 21.8. The van der Waals surface area contributed by atoms with Gasteiger partial charge >= 0.3 is 5.97 Å². The van der Waals surface area contributed by atoms with Gasteiger partial charge in [-0.25, -0.2) is 4.79 Å². The first-order valence-electron chi connectivity index (χ1n) is 32.9. The summed E-state index contributed by atoms with van der Waals surface area (Å²) in [5, 5.41) is 0. The van der Waals surface area contributed by atoms with Gasteiger partial charge in [0.25, 0.3) is 0 Å². The number of carbonyl (C=O) groups is 1. The molecule has 3 nitrogen and oxygen atoms in total. The zero-order valence-electron chi connectivity index (χ0n) is 51.8. The number of rotatable bonds is 35. The third-order valence-electron chi connectivity index (χ3n) is 18.7. The van der Waals surface area contributed by atoms with Crippen molar-refractivity contribution in [2.75, 3.05) is 13.2 Å². The van der Waals surface area contributed by atoms with Crippen LogP contribution in [0.25, 0.3) is 65.4 Å². The van der Waals surface area contributed by atoms with Gasteiger partial charge in [0.05, 0.1) is 13.2 Å². The molecule has 1 aromatic heterocycles. The number of aryl methyl sites for hydroxylation is 1. The number of benzene rings is 6. The van der Waals surface area contributed by atoms with E-state index in [4.69, 9.17) is 9.47 Å². The standard InChI is InChI=1S/C79H98O3S/c1-8-12-16-26-50-79(51-27-17-13-9-2)71-54-62(60-32-30-59(7)31-33-60)36-42-67(71)68-43-37-64(56-73(68)79)63-38-44-69-70-45-39-65(57-74(70)78(72(69)55-63,48-24-14-10-3)49-25-15-11-4)76-47-46-75(83-76)61-34-40-66(41-35-61)81-52-28-22-20-18-19-21-23-29-53-82-77(80)58(5)6/h30-47,54-57H,5,8-29,48-53H2,1-4,6-7H3. The van der Waals surface area contributed by atoms with Crippen LogP contribution in [-0.4, -0.2) is 19.2 Å². The summed E-state index contributed by atoms with van der Waals surface area (Å²) in [5.74, 6) is 0.664. The van der Waals surface area contributed by atoms with Crippen molar-refractivity contribution >= 4 is 17.3 Å². The number of esters is 1. The number of carbonyl (C=O) groups excluding carboxylic acids is 1. The van der Waals surface area contributed by atoms with Crippen LogP contribution in [0.2, 0.25) is 0 Å². The summed E-state index contributed by atoms with van der Waals surface area (Å²) in [6, 6.07) is 52.9.